The standard InChI is InChI=1S/C25H22N4O2S/c1-2-31-21-15-9-7-13-19(21)23-26-20-14-8-6-12-18(20)22-24(30)27-25(28-29(22)23)32-16-17-10-4-3-5-11-17/h3-15,23H,2,16H2,1H3,(H,27,28,30)/t23-/m1/s1. The fraction of sp³-hybridized carbons (Fsp3) is 0.160. The number of para-hydroxylation sites is 2. The number of benzene rings is 3. The molecule has 1 amide bonds. The highest BCUT2D eigenvalue weighted by Gasteiger charge is 2.35. The minimum Gasteiger partial charge on any atom is -0.493 e. The Hall–Kier alpha value is -3.58. The van der Waals surface area contributed by atoms with Gasteiger partial charge in [-0.1, -0.05) is 78.5 Å². The van der Waals surface area contributed by atoms with Crippen LogP contribution in [0.1, 0.15) is 24.2 Å². The number of amides is 1. The molecule has 6 nitrogen and oxygen atoms in total. The van der Waals surface area contributed by atoms with Crippen molar-refractivity contribution in [1.82, 2.24) is 10.3 Å². The molecular weight excluding hydrogens is 420 g/mol. The Kier molecular flexibility index (Phi) is 5.64. The molecule has 2 heterocycles. The van der Waals surface area contributed by atoms with E-state index in [0.717, 1.165) is 27.5 Å². The second-order valence-electron chi connectivity index (χ2n) is 7.32. The summed E-state index contributed by atoms with van der Waals surface area (Å²) >= 11 is 1.49. The van der Waals surface area contributed by atoms with E-state index in [-0.39, 0.29) is 5.91 Å². The number of carbonyl (C=O) groups excluding carboxylic acids is 1. The minimum absolute atomic E-state index is 0.184. The summed E-state index contributed by atoms with van der Waals surface area (Å²) in [5.74, 6) is 1.26. The van der Waals surface area contributed by atoms with Gasteiger partial charge in [0.15, 0.2) is 11.3 Å². The Labute approximate surface area is 190 Å². The van der Waals surface area contributed by atoms with Crippen LogP contribution in [0, 0.1) is 0 Å². The van der Waals surface area contributed by atoms with Gasteiger partial charge in [0.05, 0.1) is 12.0 Å². The normalized spacial score (nSPS) is 17.0. The van der Waals surface area contributed by atoms with Crippen molar-refractivity contribution < 1.29 is 9.53 Å². The van der Waals surface area contributed by atoms with Gasteiger partial charge in [-0.25, -0.2) is 5.01 Å². The molecule has 0 bridgehead atoms. The number of rotatable bonds is 5. The number of nitrogens with one attached hydrogen (secondary N) is 1. The highest BCUT2D eigenvalue weighted by molar-refractivity contribution is 8.13. The molecule has 0 aliphatic carbocycles. The molecule has 0 fully saturated rings. The largest absolute Gasteiger partial charge is 0.493 e. The fourth-order valence-electron chi connectivity index (χ4n) is 3.80. The predicted molar refractivity (Wildman–Crippen MR) is 126 cm³/mol. The van der Waals surface area contributed by atoms with Crippen molar-refractivity contribution in [3.8, 4) is 5.75 Å². The number of amidine groups is 1. The first-order valence-electron chi connectivity index (χ1n) is 10.5. The van der Waals surface area contributed by atoms with E-state index in [1.54, 1.807) is 5.01 Å². The Bertz CT molecular complexity index is 1310. The van der Waals surface area contributed by atoms with Crippen LogP contribution >= 0.6 is 11.8 Å². The van der Waals surface area contributed by atoms with Crippen LogP contribution in [0.3, 0.4) is 0 Å². The van der Waals surface area contributed by atoms with Gasteiger partial charge in [0.1, 0.15) is 11.4 Å². The van der Waals surface area contributed by atoms with Crippen LogP contribution in [0.2, 0.25) is 0 Å². The number of nitrogens with zero attached hydrogens (tertiary/aromatic N) is 3. The highest BCUT2D eigenvalue weighted by atomic mass is 32.2. The average molecular weight is 443 g/mol. The Morgan fingerprint density at radius 2 is 1.75 bits per heavy atom. The zero-order chi connectivity index (χ0) is 21.9. The van der Waals surface area contributed by atoms with Crippen molar-refractivity contribution in [2.45, 2.75) is 18.8 Å². The van der Waals surface area contributed by atoms with Gasteiger partial charge < -0.3 is 4.74 Å². The quantitative estimate of drug-likeness (QED) is 0.659. The molecule has 2 aliphatic rings. The van der Waals surface area contributed by atoms with Crippen LogP contribution in [0.4, 0.5) is 0 Å². The van der Waals surface area contributed by atoms with Crippen molar-refractivity contribution in [3.05, 3.63) is 101 Å². The molecule has 0 saturated carbocycles. The van der Waals surface area contributed by atoms with Crippen molar-refractivity contribution >= 4 is 28.5 Å². The first-order chi connectivity index (χ1) is 15.7. The third-order valence-electron chi connectivity index (χ3n) is 5.23. The lowest BCUT2D eigenvalue weighted by molar-refractivity contribution is -0.116. The van der Waals surface area contributed by atoms with E-state index in [2.05, 4.69) is 17.4 Å². The number of carbonyl (C=O) groups is 1. The van der Waals surface area contributed by atoms with E-state index in [9.17, 15) is 4.79 Å². The summed E-state index contributed by atoms with van der Waals surface area (Å²) in [6.07, 6.45) is -0.499. The second-order valence-corrected chi connectivity index (χ2v) is 8.28. The van der Waals surface area contributed by atoms with Crippen LogP contribution in [0.15, 0.2) is 89.0 Å². The monoisotopic (exact) mass is 442 g/mol. The van der Waals surface area contributed by atoms with Gasteiger partial charge in [-0.3, -0.25) is 15.1 Å². The molecule has 3 aromatic carbocycles. The van der Waals surface area contributed by atoms with E-state index in [1.165, 1.54) is 11.8 Å². The molecule has 0 aromatic heterocycles. The van der Waals surface area contributed by atoms with Gasteiger partial charge in [0, 0.05) is 16.5 Å². The molecule has 7 heteroatoms. The number of hydrogen-bond donors (Lipinski definition) is 1. The molecule has 1 atom stereocenters. The lowest BCUT2D eigenvalue weighted by atomic mass is 10.1. The average Bonchev–Trinajstić information content (AvgIpc) is 2.83. The van der Waals surface area contributed by atoms with E-state index >= 15 is 0 Å². The summed E-state index contributed by atoms with van der Waals surface area (Å²) in [7, 11) is 0. The van der Waals surface area contributed by atoms with Gasteiger partial charge in [-0.05, 0) is 24.6 Å². The molecule has 160 valence electrons. The topological polar surface area (TPSA) is 66.3 Å². The van der Waals surface area contributed by atoms with Crippen molar-refractivity contribution in [3.63, 3.8) is 0 Å². The van der Waals surface area contributed by atoms with Gasteiger partial charge >= 0.3 is 0 Å². The molecule has 0 spiro atoms. The summed E-state index contributed by atoms with van der Waals surface area (Å²) < 4.78 is 5.87. The Balaban J connectivity index is 1.59. The number of thioether (sulfide) groups is 1. The smallest absolute Gasteiger partial charge is 0.276 e. The van der Waals surface area contributed by atoms with E-state index < -0.39 is 6.17 Å². The van der Waals surface area contributed by atoms with E-state index in [1.807, 2.05) is 73.7 Å². The van der Waals surface area contributed by atoms with Crippen LogP contribution in [0.25, 0.3) is 5.70 Å². The van der Waals surface area contributed by atoms with Crippen LogP contribution in [-0.2, 0) is 10.5 Å². The summed E-state index contributed by atoms with van der Waals surface area (Å²) in [5.41, 5.74) is 2.53. The highest BCUT2D eigenvalue weighted by Crippen LogP contribution is 2.35. The molecule has 1 N–H and O–H groups in total. The zero-order valence-corrected chi connectivity index (χ0v) is 18.4. The zero-order valence-electron chi connectivity index (χ0n) is 17.6. The molecule has 5 rings (SSSR count). The summed E-state index contributed by atoms with van der Waals surface area (Å²) in [6, 6.07) is 25.6. The fourth-order valence-corrected chi connectivity index (χ4v) is 4.61. The minimum atomic E-state index is -0.499. The van der Waals surface area contributed by atoms with Crippen molar-refractivity contribution in [2.24, 2.45) is 10.1 Å². The summed E-state index contributed by atoms with van der Waals surface area (Å²) in [4.78, 5) is 18.2. The first-order valence-corrected chi connectivity index (χ1v) is 11.5. The third-order valence-corrected chi connectivity index (χ3v) is 6.17. The lowest BCUT2D eigenvalue weighted by Gasteiger charge is -2.34. The molecule has 0 saturated heterocycles. The number of hydrogen-bond acceptors (Lipinski definition) is 6. The maximum absolute atomic E-state index is 13.2. The summed E-state index contributed by atoms with van der Waals surface area (Å²) in [6.45, 7) is 2.49. The maximum atomic E-state index is 13.2. The van der Waals surface area contributed by atoms with Gasteiger partial charge in [0.25, 0.3) is 5.91 Å². The number of ether oxygens (including phenoxy) is 1. The summed E-state index contributed by atoms with van der Waals surface area (Å²) in [5, 5.41) is 11.6. The Morgan fingerprint density at radius 1 is 1.00 bits per heavy atom. The number of fused-ring (bicyclic) bond motifs is 2. The van der Waals surface area contributed by atoms with E-state index in [0.29, 0.717) is 23.2 Å². The van der Waals surface area contributed by atoms with E-state index in [4.69, 9.17) is 14.8 Å². The van der Waals surface area contributed by atoms with Crippen LogP contribution in [0.5, 0.6) is 5.75 Å². The predicted octanol–water partition coefficient (Wildman–Crippen LogP) is 3.16. The SMILES string of the molecule is CCOc1ccccc1[C@@H]1N=c2ccccc2=C2C(=O)NC(SCc3ccccc3)=NN21. The third kappa shape index (κ3) is 3.87. The molecular formula is C25H22N4O2S. The van der Waals surface area contributed by atoms with Gasteiger partial charge in [-0.15, -0.1) is 5.10 Å². The second kappa shape index (κ2) is 8.88. The maximum Gasteiger partial charge on any atom is 0.276 e. The molecule has 0 radical (unpaired) electrons. The van der Waals surface area contributed by atoms with Gasteiger partial charge in [-0.2, -0.15) is 0 Å². The van der Waals surface area contributed by atoms with Gasteiger partial charge in [0.2, 0.25) is 0 Å². The molecule has 32 heavy (non-hydrogen) atoms. The Morgan fingerprint density at radius 3 is 2.59 bits per heavy atom. The lowest BCUT2D eigenvalue weighted by Crippen LogP contribution is -2.50. The van der Waals surface area contributed by atoms with Crippen molar-refractivity contribution in [1.29, 1.82) is 0 Å². The van der Waals surface area contributed by atoms with Crippen LogP contribution < -0.4 is 20.6 Å². The molecule has 0 unspecified atom stereocenters. The molecule has 3 aromatic rings. The van der Waals surface area contributed by atoms with Crippen molar-refractivity contribution in [2.75, 3.05) is 6.61 Å². The molecule has 2 aliphatic heterocycles. The van der Waals surface area contributed by atoms with Crippen LogP contribution in [-0.4, -0.2) is 22.7 Å². The first kappa shape index (κ1) is 20.3. The number of hydrazone groups is 1.